The van der Waals surface area contributed by atoms with Crippen molar-refractivity contribution in [2.75, 3.05) is 6.54 Å². The highest BCUT2D eigenvalue weighted by molar-refractivity contribution is 7.13. The molecular weight excluding hydrogens is 236 g/mol. The maximum absolute atomic E-state index is 11.0. The number of nitrogens with two attached hydrogens (primary N) is 1. The van der Waals surface area contributed by atoms with E-state index in [0.717, 1.165) is 18.0 Å². The number of hydrogen-bond acceptors (Lipinski definition) is 5. The van der Waals surface area contributed by atoms with Crippen molar-refractivity contribution in [3.8, 4) is 0 Å². The Labute approximate surface area is 106 Å². The Morgan fingerprint density at radius 1 is 1.47 bits per heavy atom. The third-order valence-electron chi connectivity index (χ3n) is 2.52. The highest BCUT2D eigenvalue weighted by atomic mass is 32.1. The average molecular weight is 256 g/mol. The summed E-state index contributed by atoms with van der Waals surface area (Å²) in [6.07, 6.45) is 0.943. The van der Waals surface area contributed by atoms with Gasteiger partial charge < -0.3 is 11.1 Å². The van der Waals surface area contributed by atoms with Crippen LogP contribution in [0, 0.1) is 0 Å². The minimum Gasteiger partial charge on any atom is -0.363 e. The van der Waals surface area contributed by atoms with Crippen molar-refractivity contribution in [1.82, 2.24) is 15.5 Å². The summed E-state index contributed by atoms with van der Waals surface area (Å²) in [6.45, 7) is 9.34. The quantitative estimate of drug-likeness (QED) is 0.804. The normalized spacial score (nSPS) is 12.1. The second-order valence-electron chi connectivity index (χ2n) is 5.02. The molecule has 1 aromatic rings. The first-order chi connectivity index (χ1) is 7.83. The Morgan fingerprint density at radius 2 is 2.12 bits per heavy atom. The molecule has 0 saturated carbocycles. The molecule has 5 nitrogen and oxygen atoms in total. The molecule has 0 aromatic carbocycles. The molecule has 17 heavy (non-hydrogen) atoms. The largest absolute Gasteiger partial charge is 0.363 e. The number of carbonyl (C=O) groups is 1. The van der Waals surface area contributed by atoms with Gasteiger partial charge in [-0.2, -0.15) is 0 Å². The molecule has 0 fully saturated rings. The van der Waals surface area contributed by atoms with Crippen LogP contribution in [0.4, 0.5) is 0 Å². The number of nitrogens with one attached hydrogen (secondary N) is 1. The molecule has 0 atom stereocenters. The molecule has 0 aliphatic carbocycles. The van der Waals surface area contributed by atoms with Gasteiger partial charge in [-0.25, -0.2) is 0 Å². The van der Waals surface area contributed by atoms with E-state index < -0.39 is 5.91 Å². The maximum atomic E-state index is 11.0. The molecular formula is C11H20N4OS. The highest BCUT2D eigenvalue weighted by Crippen LogP contribution is 2.29. The number of rotatable bonds is 6. The smallest absolute Gasteiger partial charge is 0.279 e. The van der Waals surface area contributed by atoms with Crippen molar-refractivity contribution >= 4 is 17.2 Å². The molecule has 0 aliphatic heterocycles. The van der Waals surface area contributed by atoms with Crippen LogP contribution in [0.2, 0.25) is 0 Å². The molecule has 6 heteroatoms. The molecule has 1 rings (SSSR count). The Bertz CT molecular complexity index is 387. The summed E-state index contributed by atoms with van der Waals surface area (Å²) < 4.78 is 0. The number of nitrogens with zero attached hydrogens (tertiary/aromatic N) is 2. The van der Waals surface area contributed by atoms with Crippen LogP contribution >= 0.6 is 11.3 Å². The van der Waals surface area contributed by atoms with Crippen LogP contribution in [0.25, 0.3) is 0 Å². The van der Waals surface area contributed by atoms with Gasteiger partial charge in [0.25, 0.3) is 5.91 Å². The number of amides is 1. The summed E-state index contributed by atoms with van der Waals surface area (Å²) in [6, 6.07) is 0.474. The highest BCUT2D eigenvalue weighted by Gasteiger charge is 2.25. The van der Waals surface area contributed by atoms with Gasteiger partial charge in [-0.05, 0) is 13.0 Å². The molecule has 96 valence electrons. The summed E-state index contributed by atoms with van der Waals surface area (Å²) in [5.74, 6) is -0.509. The van der Waals surface area contributed by atoms with Crippen molar-refractivity contribution in [2.45, 2.75) is 45.6 Å². The fourth-order valence-electron chi connectivity index (χ4n) is 1.38. The van der Waals surface area contributed by atoms with Crippen molar-refractivity contribution in [3.63, 3.8) is 0 Å². The number of primary amides is 1. The summed E-state index contributed by atoms with van der Waals surface area (Å²) in [7, 11) is 0. The van der Waals surface area contributed by atoms with Crippen LogP contribution in [-0.4, -0.2) is 28.7 Å². The monoisotopic (exact) mass is 256 g/mol. The van der Waals surface area contributed by atoms with Gasteiger partial charge in [0.2, 0.25) is 5.01 Å². The van der Waals surface area contributed by atoms with E-state index in [1.165, 1.54) is 11.3 Å². The summed E-state index contributed by atoms with van der Waals surface area (Å²) in [5.41, 5.74) is 5.08. The first-order valence-electron chi connectivity index (χ1n) is 5.70. The lowest BCUT2D eigenvalue weighted by Crippen LogP contribution is -2.29. The minimum absolute atomic E-state index is 0.0900. The second-order valence-corrected chi connectivity index (χ2v) is 6.00. The number of hydrogen-bond donors (Lipinski definition) is 2. The predicted molar refractivity (Wildman–Crippen MR) is 69.2 cm³/mol. The molecule has 0 bridgehead atoms. The van der Waals surface area contributed by atoms with Gasteiger partial charge in [-0.1, -0.05) is 39.0 Å². The van der Waals surface area contributed by atoms with Crippen molar-refractivity contribution in [2.24, 2.45) is 5.73 Å². The first kappa shape index (κ1) is 14.1. The number of aromatic nitrogens is 2. The maximum Gasteiger partial charge on any atom is 0.279 e. The summed E-state index contributed by atoms with van der Waals surface area (Å²) in [4.78, 5) is 11.0. The third-order valence-corrected chi connectivity index (χ3v) is 3.82. The Kier molecular flexibility index (Phi) is 4.59. The lowest BCUT2D eigenvalue weighted by atomic mass is 9.90. The Hall–Kier alpha value is -1.01. The molecule has 1 aromatic heterocycles. The van der Waals surface area contributed by atoms with Crippen LogP contribution < -0.4 is 11.1 Å². The van der Waals surface area contributed by atoms with Crippen LogP contribution in [0.5, 0.6) is 0 Å². The summed E-state index contributed by atoms with van der Waals surface area (Å²) in [5, 5.41) is 12.4. The van der Waals surface area contributed by atoms with Crippen LogP contribution in [-0.2, 0) is 5.41 Å². The van der Waals surface area contributed by atoms with E-state index in [-0.39, 0.29) is 10.4 Å². The van der Waals surface area contributed by atoms with Gasteiger partial charge in [0, 0.05) is 11.5 Å². The minimum atomic E-state index is -0.509. The second kappa shape index (κ2) is 5.55. The molecule has 3 N–H and O–H groups in total. The van der Waals surface area contributed by atoms with Crippen LogP contribution in [0.3, 0.4) is 0 Å². The SMILES string of the molecule is CC(C)NCCC(C)(C)c1nnc(C(N)=O)s1. The van der Waals surface area contributed by atoms with E-state index >= 15 is 0 Å². The van der Waals surface area contributed by atoms with Gasteiger partial charge in [0.05, 0.1) is 0 Å². The lowest BCUT2D eigenvalue weighted by Gasteiger charge is -2.22. The van der Waals surface area contributed by atoms with Gasteiger partial charge in [0.15, 0.2) is 0 Å². The molecule has 0 radical (unpaired) electrons. The predicted octanol–water partition coefficient (Wildman–Crippen LogP) is 1.30. The van der Waals surface area contributed by atoms with E-state index in [0.29, 0.717) is 6.04 Å². The zero-order chi connectivity index (χ0) is 13.1. The van der Waals surface area contributed by atoms with E-state index in [1.807, 2.05) is 0 Å². The lowest BCUT2D eigenvalue weighted by molar-refractivity contribution is 0.0999. The molecule has 1 heterocycles. The van der Waals surface area contributed by atoms with E-state index in [1.54, 1.807) is 0 Å². The summed E-state index contributed by atoms with van der Waals surface area (Å²) >= 11 is 1.28. The van der Waals surface area contributed by atoms with Gasteiger partial charge in [-0.15, -0.1) is 10.2 Å². The molecule has 0 unspecified atom stereocenters. The van der Waals surface area contributed by atoms with Gasteiger partial charge >= 0.3 is 0 Å². The average Bonchev–Trinajstić information content (AvgIpc) is 2.65. The van der Waals surface area contributed by atoms with Crippen LogP contribution in [0.1, 0.15) is 48.9 Å². The zero-order valence-electron chi connectivity index (χ0n) is 10.8. The molecule has 0 saturated heterocycles. The fourth-order valence-corrected chi connectivity index (χ4v) is 2.20. The standard InChI is InChI=1S/C11H20N4OS/c1-7(2)13-6-5-11(3,4)10-15-14-9(17-10)8(12)16/h7,13H,5-6H2,1-4H3,(H2,12,16). The van der Waals surface area contributed by atoms with E-state index in [2.05, 4.69) is 43.2 Å². The Balaban J connectivity index is 2.64. The number of carbonyl (C=O) groups excluding carboxylic acids is 1. The topological polar surface area (TPSA) is 80.9 Å². The van der Waals surface area contributed by atoms with Gasteiger partial charge in [0.1, 0.15) is 5.01 Å². The van der Waals surface area contributed by atoms with E-state index in [9.17, 15) is 4.79 Å². The van der Waals surface area contributed by atoms with Crippen molar-refractivity contribution in [3.05, 3.63) is 10.0 Å². The van der Waals surface area contributed by atoms with Crippen molar-refractivity contribution < 1.29 is 4.79 Å². The molecule has 1 amide bonds. The van der Waals surface area contributed by atoms with Crippen LogP contribution in [0.15, 0.2) is 0 Å². The van der Waals surface area contributed by atoms with Gasteiger partial charge in [-0.3, -0.25) is 4.79 Å². The first-order valence-corrected chi connectivity index (χ1v) is 6.52. The molecule has 0 aliphatic rings. The van der Waals surface area contributed by atoms with E-state index in [4.69, 9.17) is 5.73 Å². The zero-order valence-corrected chi connectivity index (χ0v) is 11.6. The van der Waals surface area contributed by atoms with Crippen molar-refractivity contribution in [1.29, 1.82) is 0 Å². The fraction of sp³-hybridized carbons (Fsp3) is 0.727. The molecule has 0 spiro atoms. The Morgan fingerprint density at radius 3 is 2.59 bits per heavy atom. The third kappa shape index (κ3) is 4.05.